The van der Waals surface area contributed by atoms with Crippen molar-refractivity contribution >= 4 is 50.5 Å². The summed E-state index contributed by atoms with van der Waals surface area (Å²) in [6, 6.07) is 14.5. The van der Waals surface area contributed by atoms with Gasteiger partial charge in [-0.2, -0.15) is 5.26 Å². The van der Waals surface area contributed by atoms with Crippen LogP contribution in [-0.2, 0) is 10.0 Å². The Morgan fingerprint density at radius 3 is 2.61 bits per heavy atom. The predicted molar refractivity (Wildman–Crippen MR) is 119 cm³/mol. The highest BCUT2D eigenvalue weighted by molar-refractivity contribution is 7.94. The lowest BCUT2D eigenvalue weighted by Crippen LogP contribution is -2.47. The predicted octanol–water partition coefficient (Wildman–Crippen LogP) is 3.32. The van der Waals surface area contributed by atoms with Gasteiger partial charge >= 0.3 is 0 Å². The van der Waals surface area contributed by atoms with Gasteiger partial charge in [0.25, 0.3) is 10.0 Å². The molecule has 1 aliphatic heterocycles. The third-order valence-electron chi connectivity index (χ3n) is 4.61. The molecule has 1 aromatic heterocycles. The van der Waals surface area contributed by atoms with Gasteiger partial charge in [-0.25, -0.2) is 27.7 Å². The first kappa shape index (κ1) is 20.6. The molecule has 2 heterocycles. The maximum atomic E-state index is 13.6. The van der Waals surface area contributed by atoms with Crippen LogP contribution in [0.4, 0.5) is 23.0 Å². The second-order valence-corrected chi connectivity index (χ2v) is 8.75. The third-order valence-corrected chi connectivity index (χ3v) is 6.86. The number of rotatable bonds is 4. The molecular formula is C20H16ClN7O2S. The molecule has 11 heteroatoms. The van der Waals surface area contributed by atoms with Crippen LogP contribution in [0.2, 0.25) is 5.02 Å². The van der Waals surface area contributed by atoms with Crippen molar-refractivity contribution in [2.75, 3.05) is 15.4 Å². The van der Waals surface area contributed by atoms with Gasteiger partial charge in [-0.15, -0.1) is 0 Å². The van der Waals surface area contributed by atoms with Gasteiger partial charge in [-0.1, -0.05) is 35.9 Å². The molecule has 0 aliphatic carbocycles. The molecule has 31 heavy (non-hydrogen) atoms. The fourth-order valence-electron chi connectivity index (χ4n) is 3.22. The van der Waals surface area contributed by atoms with Crippen molar-refractivity contribution in [1.82, 2.24) is 9.97 Å². The molecule has 1 atom stereocenters. The zero-order valence-corrected chi connectivity index (χ0v) is 17.8. The number of nitrogen functional groups attached to an aromatic ring is 1. The third kappa shape index (κ3) is 3.54. The van der Waals surface area contributed by atoms with E-state index in [4.69, 9.17) is 17.3 Å². The summed E-state index contributed by atoms with van der Waals surface area (Å²) in [6.45, 7) is 1.71. The Labute approximate surface area is 183 Å². The molecule has 0 spiro atoms. The van der Waals surface area contributed by atoms with Crippen LogP contribution in [0.15, 0.2) is 64.7 Å². The van der Waals surface area contributed by atoms with Gasteiger partial charge in [-0.3, -0.25) is 0 Å². The molecule has 3 N–H and O–H groups in total. The average molecular weight is 454 g/mol. The quantitative estimate of drug-likeness (QED) is 0.617. The number of nitrogens with one attached hydrogen (secondary N) is 1. The number of fused-ring (bicyclic) bond motifs is 1. The van der Waals surface area contributed by atoms with Gasteiger partial charge in [0.2, 0.25) is 0 Å². The summed E-state index contributed by atoms with van der Waals surface area (Å²) in [5.74, 6) is 0.372. The number of benzene rings is 2. The number of aliphatic imine (C=N–C) groups is 1. The molecular weight excluding hydrogens is 438 g/mol. The Balaban J connectivity index is 1.88. The van der Waals surface area contributed by atoms with Crippen LogP contribution in [0.1, 0.15) is 12.5 Å². The summed E-state index contributed by atoms with van der Waals surface area (Å²) < 4.78 is 28.3. The van der Waals surface area contributed by atoms with Gasteiger partial charge in [0.15, 0.2) is 0 Å². The van der Waals surface area contributed by atoms with Crippen LogP contribution in [0.25, 0.3) is 0 Å². The van der Waals surface area contributed by atoms with Crippen LogP contribution in [0.3, 0.4) is 0 Å². The molecule has 0 unspecified atom stereocenters. The van der Waals surface area contributed by atoms with Crippen molar-refractivity contribution in [3.63, 3.8) is 0 Å². The number of halogens is 1. The monoisotopic (exact) mass is 453 g/mol. The minimum Gasteiger partial charge on any atom is -0.382 e. The number of nitrogens with zero attached hydrogens (tertiary/aromatic N) is 5. The topological polar surface area (TPSA) is 137 Å². The Kier molecular flexibility index (Phi) is 5.22. The SMILES string of the molecule is C[C@@H](Nc1ncnc(N)c1C#N)C1=Nc2cccc(Cl)c2S(=O)(=O)N1c1ccccc1. The summed E-state index contributed by atoms with van der Waals surface area (Å²) in [7, 11) is -4.07. The lowest BCUT2D eigenvalue weighted by molar-refractivity contribution is 0.596. The van der Waals surface area contributed by atoms with E-state index in [1.54, 1.807) is 49.4 Å². The second-order valence-electron chi connectivity index (χ2n) is 6.62. The lowest BCUT2D eigenvalue weighted by Gasteiger charge is -2.33. The van der Waals surface area contributed by atoms with E-state index in [-0.39, 0.29) is 38.6 Å². The van der Waals surface area contributed by atoms with Crippen molar-refractivity contribution in [2.45, 2.75) is 17.9 Å². The van der Waals surface area contributed by atoms with E-state index >= 15 is 0 Å². The fraction of sp³-hybridized carbons (Fsp3) is 0.100. The number of hydrogen-bond acceptors (Lipinski definition) is 8. The van der Waals surface area contributed by atoms with Crippen LogP contribution >= 0.6 is 11.6 Å². The highest BCUT2D eigenvalue weighted by atomic mass is 35.5. The number of nitriles is 1. The van der Waals surface area contributed by atoms with Crippen LogP contribution in [-0.4, -0.2) is 30.3 Å². The van der Waals surface area contributed by atoms with Crippen molar-refractivity contribution in [1.29, 1.82) is 5.26 Å². The maximum absolute atomic E-state index is 13.6. The number of anilines is 3. The lowest BCUT2D eigenvalue weighted by atomic mass is 10.2. The van der Waals surface area contributed by atoms with E-state index in [1.807, 2.05) is 6.07 Å². The first-order valence-corrected chi connectivity index (χ1v) is 10.9. The number of para-hydroxylation sites is 1. The van der Waals surface area contributed by atoms with Crippen molar-refractivity contribution in [2.24, 2.45) is 4.99 Å². The van der Waals surface area contributed by atoms with Crippen LogP contribution < -0.4 is 15.4 Å². The van der Waals surface area contributed by atoms with E-state index in [0.717, 1.165) is 4.31 Å². The molecule has 0 saturated heterocycles. The highest BCUT2D eigenvalue weighted by Crippen LogP contribution is 2.40. The first-order valence-electron chi connectivity index (χ1n) is 9.09. The minimum atomic E-state index is -4.07. The normalized spacial score (nSPS) is 15.4. The largest absolute Gasteiger partial charge is 0.382 e. The Morgan fingerprint density at radius 1 is 1.16 bits per heavy atom. The van der Waals surface area contributed by atoms with Gasteiger partial charge in [0.05, 0.1) is 22.4 Å². The van der Waals surface area contributed by atoms with E-state index in [1.165, 1.54) is 12.4 Å². The minimum absolute atomic E-state index is 0.0162. The zero-order chi connectivity index (χ0) is 22.2. The number of amidine groups is 1. The standard InChI is InChI=1S/C20H16ClN7O2S/c1-12(26-19-14(10-22)18(23)24-11-25-19)20-27-16-9-5-8-15(21)17(16)31(29,30)28(20)13-6-3-2-4-7-13/h2-9,11-12H,1H3,(H3,23,24,25,26)/t12-/m1/s1. The highest BCUT2D eigenvalue weighted by Gasteiger charge is 2.39. The number of nitrogens with two attached hydrogens (primary N) is 1. The molecule has 4 rings (SSSR count). The summed E-state index contributed by atoms with van der Waals surface area (Å²) in [6.07, 6.45) is 1.22. The summed E-state index contributed by atoms with van der Waals surface area (Å²) in [4.78, 5) is 12.4. The maximum Gasteiger partial charge on any atom is 0.273 e. The molecule has 0 amide bonds. The molecule has 0 bridgehead atoms. The fourth-order valence-corrected chi connectivity index (χ4v) is 5.40. The summed E-state index contributed by atoms with van der Waals surface area (Å²) >= 11 is 6.24. The molecule has 9 nitrogen and oxygen atoms in total. The Hall–Kier alpha value is -3.68. The Bertz CT molecular complexity index is 1340. The van der Waals surface area contributed by atoms with E-state index in [2.05, 4.69) is 20.3 Å². The van der Waals surface area contributed by atoms with Crippen molar-refractivity contribution in [3.05, 3.63) is 65.4 Å². The van der Waals surface area contributed by atoms with Gasteiger partial charge in [0, 0.05) is 0 Å². The second kappa shape index (κ2) is 7.86. The smallest absolute Gasteiger partial charge is 0.273 e. The van der Waals surface area contributed by atoms with E-state index in [9.17, 15) is 13.7 Å². The van der Waals surface area contributed by atoms with Crippen molar-refractivity contribution < 1.29 is 8.42 Å². The first-order chi connectivity index (χ1) is 14.8. The Morgan fingerprint density at radius 2 is 1.90 bits per heavy atom. The van der Waals surface area contributed by atoms with E-state index < -0.39 is 16.1 Å². The van der Waals surface area contributed by atoms with Gasteiger partial charge < -0.3 is 11.1 Å². The molecule has 0 radical (unpaired) electrons. The molecule has 1 aliphatic rings. The molecule has 0 saturated carbocycles. The van der Waals surface area contributed by atoms with Crippen LogP contribution in [0, 0.1) is 11.3 Å². The molecule has 2 aromatic carbocycles. The number of aromatic nitrogens is 2. The molecule has 156 valence electrons. The van der Waals surface area contributed by atoms with Crippen molar-refractivity contribution in [3.8, 4) is 6.07 Å². The van der Waals surface area contributed by atoms with Gasteiger partial charge in [-0.05, 0) is 31.2 Å². The zero-order valence-electron chi connectivity index (χ0n) is 16.2. The average Bonchev–Trinajstić information content (AvgIpc) is 2.73. The van der Waals surface area contributed by atoms with Crippen LogP contribution in [0.5, 0.6) is 0 Å². The number of sulfonamides is 1. The molecule has 0 fully saturated rings. The summed E-state index contributed by atoms with van der Waals surface area (Å²) in [5, 5.41) is 12.5. The van der Waals surface area contributed by atoms with Gasteiger partial charge in [0.1, 0.15) is 40.3 Å². The van der Waals surface area contributed by atoms with E-state index in [0.29, 0.717) is 5.69 Å². The summed E-state index contributed by atoms with van der Waals surface area (Å²) in [5.41, 5.74) is 6.44. The molecule has 3 aromatic rings. The number of hydrogen-bond donors (Lipinski definition) is 2.